The molecular formula is C20H24N2O4S. The van der Waals surface area contributed by atoms with E-state index >= 15 is 0 Å². The highest BCUT2D eigenvalue weighted by molar-refractivity contribution is 7.88. The summed E-state index contributed by atoms with van der Waals surface area (Å²) in [5, 5.41) is 0. The maximum atomic E-state index is 12.8. The van der Waals surface area contributed by atoms with Gasteiger partial charge in [0.2, 0.25) is 15.9 Å². The van der Waals surface area contributed by atoms with Crippen LogP contribution in [-0.4, -0.2) is 45.0 Å². The predicted octanol–water partition coefficient (Wildman–Crippen LogP) is 3.11. The largest absolute Gasteiger partial charge is 0.457 e. The molecule has 1 amide bonds. The van der Waals surface area contributed by atoms with Crippen LogP contribution in [0.2, 0.25) is 0 Å². The zero-order valence-electron chi connectivity index (χ0n) is 15.5. The van der Waals surface area contributed by atoms with Crippen LogP contribution in [0.1, 0.15) is 12.8 Å². The molecule has 1 atom stereocenters. The van der Waals surface area contributed by atoms with E-state index in [2.05, 4.69) is 0 Å². The fourth-order valence-electron chi connectivity index (χ4n) is 3.21. The van der Waals surface area contributed by atoms with Crippen LogP contribution in [0.3, 0.4) is 0 Å². The Morgan fingerprint density at radius 3 is 2.33 bits per heavy atom. The molecule has 1 heterocycles. The molecular weight excluding hydrogens is 364 g/mol. The number of hydrogen-bond donors (Lipinski definition) is 0. The summed E-state index contributed by atoms with van der Waals surface area (Å²) in [4.78, 5) is 14.4. The van der Waals surface area contributed by atoms with Gasteiger partial charge in [-0.15, -0.1) is 0 Å². The molecule has 0 bridgehead atoms. The molecule has 7 heteroatoms. The van der Waals surface area contributed by atoms with Crippen molar-refractivity contribution in [2.75, 3.05) is 31.3 Å². The number of piperidine rings is 1. The van der Waals surface area contributed by atoms with Crippen molar-refractivity contribution >= 4 is 21.6 Å². The van der Waals surface area contributed by atoms with Crippen molar-refractivity contribution in [2.45, 2.75) is 12.8 Å². The second kappa shape index (κ2) is 8.10. The molecule has 1 unspecified atom stereocenters. The molecule has 2 aromatic carbocycles. The van der Waals surface area contributed by atoms with Crippen molar-refractivity contribution in [2.24, 2.45) is 5.92 Å². The Bertz CT molecular complexity index is 882. The minimum atomic E-state index is -3.27. The van der Waals surface area contributed by atoms with Crippen LogP contribution in [-0.2, 0) is 14.8 Å². The Labute approximate surface area is 160 Å². The summed E-state index contributed by atoms with van der Waals surface area (Å²) in [5.74, 6) is 1.04. The quantitative estimate of drug-likeness (QED) is 0.789. The van der Waals surface area contributed by atoms with Crippen LogP contribution in [0.4, 0.5) is 5.69 Å². The minimum absolute atomic E-state index is 0.0694. The number of ether oxygens (including phenoxy) is 1. The monoisotopic (exact) mass is 388 g/mol. The number of amides is 1. The van der Waals surface area contributed by atoms with Gasteiger partial charge in [0.25, 0.3) is 0 Å². The molecule has 6 nitrogen and oxygen atoms in total. The molecule has 0 saturated carbocycles. The second-order valence-corrected chi connectivity index (χ2v) is 8.75. The molecule has 0 aromatic heterocycles. The molecule has 0 N–H and O–H groups in total. The average molecular weight is 388 g/mol. The lowest BCUT2D eigenvalue weighted by atomic mass is 9.98. The van der Waals surface area contributed by atoms with Crippen LogP contribution in [0.25, 0.3) is 0 Å². The first-order valence-electron chi connectivity index (χ1n) is 8.90. The van der Waals surface area contributed by atoms with Crippen molar-refractivity contribution in [1.82, 2.24) is 4.31 Å². The number of hydrogen-bond acceptors (Lipinski definition) is 4. The molecule has 1 fully saturated rings. The number of sulfonamides is 1. The van der Waals surface area contributed by atoms with Gasteiger partial charge in [-0.25, -0.2) is 12.7 Å². The van der Waals surface area contributed by atoms with Crippen LogP contribution < -0.4 is 9.64 Å². The summed E-state index contributed by atoms with van der Waals surface area (Å²) in [6.45, 7) is 0.731. The highest BCUT2D eigenvalue weighted by Crippen LogP contribution is 2.26. The number of para-hydroxylation sites is 1. The fourth-order valence-corrected chi connectivity index (χ4v) is 4.12. The summed E-state index contributed by atoms with van der Waals surface area (Å²) >= 11 is 0. The first-order chi connectivity index (χ1) is 12.8. The fraction of sp³-hybridized carbons (Fsp3) is 0.350. The molecule has 3 rings (SSSR count). The van der Waals surface area contributed by atoms with Gasteiger partial charge in [0.15, 0.2) is 0 Å². The zero-order valence-corrected chi connectivity index (χ0v) is 16.4. The highest BCUT2D eigenvalue weighted by Gasteiger charge is 2.32. The molecule has 2 aromatic rings. The standard InChI is InChI=1S/C20H24N2O4S/c1-21(20(23)16-7-6-14-22(15-16)27(2,24)25)17-10-12-19(13-11-17)26-18-8-4-3-5-9-18/h3-5,8-13,16H,6-7,14-15H2,1-2H3. The van der Waals surface area contributed by atoms with E-state index < -0.39 is 10.0 Å². The molecule has 1 aliphatic heterocycles. The number of carbonyl (C=O) groups is 1. The Kier molecular flexibility index (Phi) is 5.82. The second-order valence-electron chi connectivity index (χ2n) is 6.77. The summed E-state index contributed by atoms with van der Waals surface area (Å²) < 4.78 is 30.7. The number of nitrogens with zero attached hydrogens (tertiary/aromatic N) is 2. The topological polar surface area (TPSA) is 66.9 Å². The zero-order chi connectivity index (χ0) is 19.4. The Balaban J connectivity index is 1.66. The number of benzene rings is 2. The van der Waals surface area contributed by atoms with E-state index in [1.165, 1.54) is 10.6 Å². The van der Waals surface area contributed by atoms with Crippen LogP contribution >= 0.6 is 0 Å². The highest BCUT2D eigenvalue weighted by atomic mass is 32.2. The average Bonchev–Trinajstić information content (AvgIpc) is 2.68. The smallest absolute Gasteiger partial charge is 0.231 e. The van der Waals surface area contributed by atoms with Crippen molar-refractivity contribution in [3.05, 3.63) is 54.6 Å². The third-order valence-corrected chi connectivity index (χ3v) is 6.01. The van der Waals surface area contributed by atoms with E-state index in [9.17, 15) is 13.2 Å². The van der Waals surface area contributed by atoms with Gasteiger partial charge in [0.05, 0.1) is 12.2 Å². The number of anilines is 1. The van der Waals surface area contributed by atoms with Gasteiger partial charge in [-0.1, -0.05) is 18.2 Å². The number of carbonyl (C=O) groups excluding carboxylic acids is 1. The summed E-state index contributed by atoms with van der Waals surface area (Å²) in [6, 6.07) is 16.8. The van der Waals surface area contributed by atoms with Crippen molar-refractivity contribution in [3.8, 4) is 11.5 Å². The van der Waals surface area contributed by atoms with Gasteiger partial charge in [-0.2, -0.15) is 0 Å². The first kappa shape index (κ1) is 19.4. The lowest BCUT2D eigenvalue weighted by Crippen LogP contribution is -2.45. The summed E-state index contributed by atoms with van der Waals surface area (Å²) in [6.07, 6.45) is 2.58. The van der Waals surface area contributed by atoms with Gasteiger partial charge >= 0.3 is 0 Å². The van der Waals surface area contributed by atoms with Crippen LogP contribution in [0.5, 0.6) is 11.5 Å². The van der Waals surface area contributed by atoms with Crippen molar-refractivity contribution < 1.29 is 17.9 Å². The molecule has 0 aliphatic carbocycles. The van der Waals surface area contributed by atoms with Crippen LogP contribution in [0, 0.1) is 5.92 Å². The predicted molar refractivity (Wildman–Crippen MR) is 106 cm³/mol. The Morgan fingerprint density at radius 1 is 1.07 bits per heavy atom. The molecule has 144 valence electrons. The first-order valence-corrected chi connectivity index (χ1v) is 10.7. The molecule has 0 spiro atoms. The van der Waals surface area contributed by atoms with E-state index in [0.717, 1.165) is 11.4 Å². The van der Waals surface area contributed by atoms with E-state index in [4.69, 9.17) is 4.74 Å². The normalized spacial score (nSPS) is 18.1. The molecule has 1 aliphatic rings. The molecule has 0 radical (unpaired) electrons. The maximum absolute atomic E-state index is 12.8. The Morgan fingerprint density at radius 2 is 1.70 bits per heavy atom. The summed E-state index contributed by atoms with van der Waals surface area (Å²) in [7, 11) is -1.55. The third kappa shape index (κ3) is 4.87. The van der Waals surface area contributed by atoms with Gasteiger partial charge in [-0.3, -0.25) is 4.79 Å². The van der Waals surface area contributed by atoms with E-state index in [0.29, 0.717) is 25.1 Å². The summed E-state index contributed by atoms with van der Waals surface area (Å²) in [5.41, 5.74) is 0.747. The van der Waals surface area contributed by atoms with Gasteiger partial charge < -0.3 is 9.64 Å². The van der Waals surface area contributed by atoms with Gasteiger partial charge in [0, 0.05) is 25.8 Å². The van der Waals surface area contributed by atoms with Gasteiger partial charge in [-0.05, 0) is 49.2 Å². The van der Waals surface area contributed by atoms with Crippen molar-refractivity contribution in [1.29, 1.82) is 0 Å². The van der Waals surface area contributed by atoms with E-state index in [1.54, 1.807) is 11.9 Å². The maximum Gasteiger partial charge on any atom is 0.231 e. The van der Waals surface area contributed by atoms with Crippen molar-refractivity contribution in [3.63, 3.8) is 0 Å². The Hall–Kier alpha value is -2.38. The SMILES string of the molecule is CN(C(=O)C1CCCN(S(C)(=O)=O)C1)c1ccc(Oc2ccccc2)cc1. The lowest BCUT2D eigenvalue weighted by Gasteiger charge is -2.32. The van der Waals surface area contributed by atoms with E-state index in [-0.39, 0.29) is 18.4 Å². The minimum Gasteiger partial charge on any atom is -0.457 e. The number of rotatable bonds is 5. The van der Waals surface area contributed by atoms with Crippen LogP contribution in [0.15, 0.2) is 54.6 Å². The van der Waals surface area contributed by atoms with Gasteiger partial charge in [0.1, 0.15) is 11.5 Å². The lowest BCUT2D eigenvalue weighted by molar-refractivity contribution is -0.123. The molecule has 27 heavy (non-hydrogen) atoms. The molecule has 1 saturated heterocycles. The third-order valence-electron chi connectivity index (χ3n) is 4.74. The van der Waals surface area contributed by atoms with E-state index in [1.807, 2.05) is 54.6 Å².